The number of rotatable bonds is 4. The maximum absolute atomic E-state index is 13.0. The van der Waals surface area contributed by atoms with Gasteiger partial charge in [-0.15, -0.1) is 0 Å². The number of anilines is 1. The van der Waals surface area contributed by atoms with Gasteiger partial charge in [0.25, 0.3) is 5.91 Å². The zero-order chi connectivity index (χ0) is 19.7. The van der Waals surface area contributed by atoms with Crippen LogP contribution >= 0.6 is 11.6 Å². The summed E-state index contributed by atoms with van der Waals surface area (Å²) in [5, 5.41) is 7.88. The molecule has 6 heteroatoms. The number of nitrogens with zero attached hydrogens (tertiary/aromatic N) is 3. The van der Waals surface area contributed by atoms with Crippen LogP contribution in [0.25, 0.3) is 11.5 Å². The molecule has 0 unspecified atom stereocenters. The maximum Gasteiger partial charge on any atom is 0.261 e. The summed E-state index contributed by atoms with van der Waals surface area (Å²) in [5.41, 5.74) is 4.05. The third-order valence-corrected chi connectivity index (χ3v) is 4.77. The van der Waals surface area contributed by atoms with Crippen LogP contribution in [0.15, 0.2) is 73.2 Å². The van der Waals surface area contributed by atoms with E-state index in [2.05, 4.69) is 10.4 Å². The molecule has 4 aromatic rings. The summed E-state index contributed by atoms with van der Waals surface area (Å²) in [6.07, 6.45) is 5.35. The number of benzene rings is 2. The van der Waals surface area contributed by atoms with Gasteiger partial charge >= 0.3 is 0 Å². The fourth-order valence-electron chi connectivity index (χ4n) is 3.09. The van der Waals surface area contributed by atoms with Gasteiger partial charge in [0.15, 0.2) is 5.82 Å². The Balaban J connectivity index is 1.78. The molecule has 140 valence electrons. The third-order valence-electron chi connectivity index (χ3n) is 4.46. The van der Waals surface area contributed by atoms with Crippen LogP contribution < -0.4 is 5.32 Å². The molecule has 2 aromatic heterocycles. The Hall–Kier alpha value is -3.31. The Morgan fingerprint density at radius 1 is 1.00 bits per heavy atom. The zero-order valence-electron chi connectivity index (χ0n) is 15.6. The zero-order valence-corrected chi connectivity index (χ0v) is 16.3. The number of carbonyl (C=O) groups excluding carboxylic acids is 1. The summed E-state index contributed by atoms with van der Waals surface area (Å²) in [6, 6.07) is 17.3. The molecule has 0 aliphatic rings. The van der Waals surface area contributed by atoms with Crippen molar-refractivity contribution >= 4 is 23.2 Å². The van der Waals surface area contributed by atoms with Gasteiger partial charge in [0, 0.05) is 12.4 Å². The largest absolute Gasteiger partial charge is 0.320 e. The fourth-order valence-corrected chi connectivity index (χ4v) is 3.37. The van der Waals surface area contributed by atoms with Gasteiger partial charge in [0.1, 0.15) is 5.56 Å². The van der Waals surface area contributed by atoms with Crippen molar-refractivity contribution in [3.8, 4) is 11.5 Å². The summed E-state index contributed by atoms with van der Waals surface area (Å²) in [6.45, 7) is 3.98. The number of hydrogen-bond donors (Lipinski definition) is 1. The van der Waals surface area contributed by atoms with Gasteiger partial charge in [0.05, 0.1) is 22.6 Å². The summed E-state index contributed by atoms with van der Waals surface area (Å²) >= 11 is 6.28. The Kier molecular flexibility index (Phi) is 4.75. The molecule has 4 rings (SSSR count). The van der Waals surface area contributed by atoms with E-state index in [1.807, 2.05) is 79.3 Å². The summed E-state index contributed by atoms with van der Waals surface area (Å²) in [4.78, 5) is 13.0. The van der Waals surface area contributed by atoms with Gasteiger partial charge in [-0.3, -0.25) is 4.79 Å². The second kappa shape index (κ2) is 7.37. The first kappa shape index (κ1) is 18.1. The predicted molar refractivity (Wildman–Crippen MR) is 112 cm³/mol. The van der Waals surface area contributed by atoms with Crippen LogP contribution in [0.3, 0.4) is 0 Å². The first-order chi connectivity index (χ1) is 13.5. The Morgan fingerprint density at radius 3 is 2.46 bits per heavy atom. The van der Waals surface area contributed by atoms with E-state index < -0.39 is 0 Å². The third kappa shape index (κ3) is 3.44. The predicted octanol–water partition coefficient (Wildman–Crippen LogP) is 5.19. The molecule has 28 heavy (non-hydrogen) atoms. The van der Waals surface area contributed by atoms with Crippen LogP contribution in [0.2, 0.25) is 5.02 Å². The molecule has 2 aromatic carbocycles. The number of amides is 1. The second-order valence-corrected chi connectivity index (χ2v) is 7.07. The van der Waals surface area contributed by atoms with E-state index in [9.17, 15) is 4.79 Å². The fraction of sp³-hybridized carbons (Fsp3) is 0.0909. The smallest absolute Gasteiger partial charge is 0.261 e. The van der Waals surface area contributed by atoms with E-state index in [1.54, 1.807) is 16.9 Å². The maximum atomic E-state index is 13.0. The molecule has 0 bridgehead atoms. The van der Waals surface area contributed by atoms with Crippen molar-refractivity contribution in [2.24, 2.45) is 0 Å². The van der Waals surface area contributed by atoms with Crippen molar-refractivity contribution in [2.75, 3.05) is 5.32 Å². The molecular weight excluding hydrogens is 372 g/mol. The van der Waals surface area contributed by atoms with Crippen molar-refractivity contribution < 1.29 is 4.79 Å². The number of nitrogens with one attached hydrogen (secondary N) is 1. The van der Waals surface area contributed by atoms with E-state index in [1.165, 1.54) is 0 Å². The minimum atomic E-state index is -0.270. The number of aromatic nitrogens is 3. The van der Waals surface area contributed by atoms with E-state index in [4.69, 9.17) is 11.6 Å². The van der Waals surface area contributed by atoms with Crippen LogP contribution in [-0.4, -0.2) is 20.3 Å². The lowest BCUT2D eigenvalue weighted by Gasteiger charge is -2.12. The van der Waals surface area contributed by atoms with Crippen LogP contribution in [0.1, 0.15) is 21.5 Å². The van der Waals surface area contributed by atoms with Crippen molar-refractivity contribution in [1.29, 1.82) is 0 Å². The molecule has 0 atom stereocenters. The first-order valence-corrected chi connectivity index (χ1v) is 9.26. The lowest BCUT2D eigenvalue weighted by Crippen LogP contribution is -2.15. The number of aryl methyl sites for hydroxylation is 2. The second-order valence-electron chi connectivity index (χ2n) is 6.66. The quantitative estimate of drug-likeness (QED) is 0.521. The molecule has 0 saturated heterocycles. The Morgan fingerprint density at radius 2 is 1.75 bits per heavy atom. The van der Waals surface area contributed by atoms with Gasteiger partial charge < -0.3 is 9.88 Å². The molecule has 1 N–H and O–H groups in total. The highest BCUT2D eigenvalue weighted by Gasteiger charge is 2.20. The molecule has 0 aliphatic heterocycles. The standard InChI is InChI=1S/C22H19ClN4O/c1-15-6-5-7-17(12-15)27-22(26-10-3-4-11-26)18(14-24-27)21(28)25-20-9-8-16(2)13-19(20)23/h3-14H,1-2H3,(H,25,28). The highest BCUT2D eigenvalue weighted by atomic mass is 35.5. The summed E-state index contributed by atoms with van der Waals surface area (Å²) in [5.74, 6) is 0.393. The molecular formula is C22H19ClN4O. The molecule has 0 aliphatic carbocycles. The molecule has 2 heterocycles. The minimum absolute atomic E-state index is 0.270. The van der Waals surface area contributed by atoms with Gasteiger partial charge in [-0.1, -0.05) is 29.8 Å². The number of halogens is 1. The molecule has 0 spiro atoms. The lowest BCUT2D eigenvalue weighted by molar-refractivity contribution is 0.102. The van der Waals surface area contributed by atoms with Crippen LogP contribution in [-0.2, 0) is 0 Å². The molecule has 0 saturated carbocycles. The van der Waals surface area contributed by atoms with E-state index in [0.29, 0.717) is 22.1 Å². The normalized spacial score (nSPS) is 10.8. The number of hydrogen-bond acceptors (Lipinski definition) is 2. The lowest BCUT2D eigenvalue weighted by atomic mass is 10.2. The summed E-state index contributed by atoms with van der Waals surface area (Å²) < 4.78 is 3.64. The van der Waals surface area contributed by atoms with Crippen LogP contribution in [0.4, 0.5) is 5.69 Å². The highest BCUT2D eigenvalue weighted by Crippen LogP contribution is 2.25. The molecule has 1 amide bonds. The Bertz CT molecular complexity index is 1150. The van der Waals surface area contributed by atoms with Gasteiger partial charge in [0.2, 0.25) is 0 Å². The van der Waals surface area contributed by atoms with Crippen molar-refractivity contribution in [3.63, 3.8) is 0 Å². The number of carbonyl (C=O) groups is 1. The van der Waals surface area contributed by atoms with Crippen LogP contribution in [0, 0.1) is 13.8 Å². The molecule has 5 nitrogen and oxygen atoms in total. The molecule has 0 fully saturated rings. The van der Waals surface area contributed by atoms with E-state index in [-0.39, 0.29) is 5.91 Å². The highest BCUT2D eigenvalue weighted by molar-refractivity contribution is 6.34. The first-order valence-electron chi connectivity index (χ1n) is 8.89. The van der Waals surface area contributed by atoms with E-state index in [0.717, 1.165) is 16.8 Å². The van der Waals surface area contributed by atoms with Crippen molar-refractivity contribution in [2.45, 2.75) is 13.8 Å². The average molecular weight is 391 g/mol. The molecule has 0 radical (unpaired) electrons. The average Bonchev–Trinajstić information content (AvgIpc) is 3.32. The topological polar surface area (TPSA) is 51.9 Å². The van der Waals surface area contributed by atoms with Gasteiger partial charge in [-0.05, 0) is 61.4 Å². The van der Waals surface area contributed by atoms with Crippen molar-refractivity contribution in [3.05, 3.63) is 94.9 Å². The Labute approximate surface area is 168 Å². The van der Waals surface area contributed by atoms with Crippen LogP contribution in [0.5, 0.6) is 0 Å². The monoisotopic (exact) mass is 390 g/mol. The summed E-state index contributed by atoms with van der Waals surface area (Å²) in [7, 11) is 0. The van der Waals surface area contributed by atoms with E-state index >= 15 is 0 Å². The van der Waals surface area contributed by atoms with Gasteiger partial charge in [-0.25, -0.2) is 4.68 Å². The van der Waals surface area contributed by atoms with Gasteiger partial charge in [-0.2, -0.15) is 5.10 Å². The SMILES string of the molecule is Cc1cccc(-n2ncc(C(=O)Nc3ccc(C)cc3Cl)c2-n2cccc2)c1. The van der Waals surface area contributed by atoms with Crippen molar-refractivity contribution in [1.82, 2.24) is 14.3 Å². The minimum Gasteiger partial charge on any atom is -0.320 e.